The molecule has 1 aliphatic heterocycles. The van der Waals surface area contributed by atoms with Crippen LogP contribution in [-0.4, -0.2) is 18.9 Å². The number of carbonyl (C=O) groups is 1. The van der Waals surface area contributed by atoms with E-state index >= 15 is 0 Å². The second-order valence-corrected chi connectivity index (χ2v) is 6.99. The fourth-order valence-electron chi connectivity index (χ4n) is 3.11. The number of hydrogen-bond acceptors (Lipinski definition) is 4. The molecule has 0 atom stereocenters. The van der Waals surface area contributed by atoms with Crippen molar-refractivity contribution >= 4 is 23.4 Å². The molecule has 0 unspecified atom stereocenters. The molecule has 1 aliphatic carbocycles. The summed E-state index contributed by atoms with van der Waals surface area (Å²) in [7, 11) is 1.58. The Bertz CT molecular complexity index is 868. The Balaban J connectivity index is 1.76. The van der Waals surface area contributed by atoms with Crippen molar-refractivity contribution < 1.29 is 9.53 Å². The van der Waals surface area contributed by atoms with Crippen LogP contribution in [0.3, 0.4) is 0 Å². The van der Waals surface area contributed by atoms with Crippen molar-refractivity contribution in [2.45, 2.75) is 23.7 Å². The molecule has 0 spiro atoms. The molecular formula is C19H16N2O2S. The number of nitrogens with zero attached hydrogens (tertiary/aromatic N) is 2. The summed E-state index contributed by atoms with van der Waals surface area (Å²) in [6.07, 6.45) is 2.17. The van der Waals surface area contributed by atoms with Gasteiger partial charge in [-0.05, 0) is 48.6 Å². The average Bonchev–Trinajstić information content (AvgIpc) is 3.38. The number of para-hydroxylation sites is 1. The Kier molecular flexibility index (Phi) is 3.70. The number of thioether (sulfide) groups is 1. The molecule has 1 fully saturated rings. The lowest BCUT2D eigenvalue weighted by Crippen LogP contribution is -2.28. The van der Waals surface area contributed by atoms with Crippen molar-refractivity contribution in [3.8, 4) is 11.8 Å². The quantitative estimate of drug-likeness (QED) is 0.845. The van der Waals surface area contributed by atoms with Gasteiger partial charge in [-0.3, -0.25) is 9.69 Å². The number of anilines is 1. The molecule has 1 saturated carbocycles. The van der Waals surface area contributed by atoms with Crippen LogP contribution in [0.2, 0.25) is 0 Å². The molecule has 5 heteroatoms. The molecule has 0 bridgehead atoms. The van der Waals surface area contributed by atoms with Crippen LogP contribution in [-0.2, 0) is 0 Å². The third-order valence-electron chi connectivity index (χ3n) is 4.46. The summed E-state index contributed by atoms with van der Waals surface area (Å²) in [5.74, 6) is 1.56. The van der Waals surface area contributed by atoms with Gasteiger partial charge in [0.1, 0.15) is 11.8 Å². The van der Waals surface area contributed by atoms with E-state index in [4.69, 9.17) is 4.74 Å². The zero-order chi connectivity index (χ0) is 16.7. The predicted molar refractivity (Wildman–Crippen MR) is 93.7 cm³/mol. The lowest BCUT2D eigenvalue weighted by molar-refractivity contribution is 0.0992. The molecule has 1 amide bonds. The minimum absolute atomic E-state index is 0.0616. The van der Waals surface area contributed by atoms with E-state index in [0.717, 1.165) is 29.0 Å². The molecule has 2 aromatic carbocycles. The Morgan fingerprint density at radius 2 is 2.12 bits per heavy atom. The normalized spacial score (nSPS) is 15.8. The van der Waals surface area contributed by atoms with Gasteiger partial charge in [0.05, 0.1) is 24.2 Å². The van der Waals surface area contributed by atoms with Gasteiger partial charge in [-0.15, -0.1) is 11.8 Å². The highest BCUT2D eigenvalue weighted by molar-refractivity contribution is 8.00. The van der Waals surface area contributed by atoms with Crippen LogP contribution < -0.4 is 9.64 Å². The van der Waals surface area contributed by atoms with Gasteiger partial charge in [0.25, 0.3) is 5.91 Å². The maximum Gasteiger partial charge on any atom is 0.259 e. The Morgan fingerprint density at radius 3 is 2.83 bits per heavy atom. The highest BCUT2D eigenvalue weighted by Crippen LogP contribution is 2.46. The molecule has 2 aliphatic rings. The maximum absolute atomic E-state index is 13.0. The fourth-order valence-corrected chi connectivity index (χ4v) is 4.14. The third kappa shape index (κ3) is 2.44. The highest BCUT2D eigenvalue weighted by Gasteiger charge is 2.31. The van der Waals surface area contributed by atoms with Crippen molar-refractivity contribution in [3.63, 3.8) is 0 Å². The van der Waals surface area contributed by atoms with Crippen molar-refractivity contribution in [3.05, 3.63) is 53.1 Å². The molecular weight excluding hydrogens is 320 g/mol. The number of fused-ring (bicyclic) bond motifs is 1. The van der Waals surface area contributed by atoms with E-state index in [0.29, 0.717) is 28.7 Å². The van der Waals surface area contributed by atoms with Crippen LogP contribution in [0.25, 0.3) is 0 Å². The van der Waals surface area contributed by atoms with E-state index in [-0.39, 0.29) is 5.91 Å². The number of carbonyl (C=O) groups excluding carboxylic acids is 1. The van der Waals surface area contributed by atoms with Gasteiger partial charge < -0.3 is 4.74 Å². The van der Waals surface area contributed by atoms with E-state index in [1.165, 1.54) is 0 Å². The molecule has 0 radical (unpaired) electrons. The lowest BCUT2D eigenvalue weighted by Gasteiger charge is -2.18. The maximum atomic E-state index is 13.0. The van der Waals surface area contributed by atoms with E-state index in [1.807, 2.05) is 30.3 Å². The number of nitriles is 1. The number of ether oxygens (including phenoxy) is 1. The van der Waals surface area contributed by atoms with Crippen LogP contribution in [0, 0.1) is 11.3 Å². The number of hydrogen-bond donors (Lipinski definition) is 0. The number of benzene rings is 2. The van der Waals surface area contributed by atoms with Crippen LogP contribution in [0.15, 0.2) is 41.3 Å². The second kappa shape index (κ2) is 5.88. The molecule has 1 heterocycles. The second-order valence-electron chi connectivity index (χ2n) is 6.01. The first-order valence-electron chi connectivity index (χ1n) is 7.88. The van der Waals surface area contributed by atoms with E-state index in [9.17, 15) is 10.1 Å². The number of methoxy groups -OCH3 is 1. The van der Waals surface area contributed by atoms with E-state index in [2.05, 4.69) is 6.07 Å². The zero-order valence-electron chi connectivity index (χ0n) is 13.3. The summed E-state index contributed by atoms with van der Waals surface area (Å²) >= 11 is 1.65. The standard InChI is InChI=1S/C19H16N2O2S/c1-23-18-14(10-20)8-13(9-15(18)12-6-7-12)19(22)21-11-24-17-5-3-2-4-16(17)21/h2-5,8-9,12H,6-7,11H2,1H3. The average molecular weight is 336 g/mol. The van der Waals surface area contributed by atoms with E-state index < -0.39 is 0 Å². The molecule has 0 saturated heterocycles. The summed E-state index contributed by atoms with van der Waals surface area (Å²) in [4.78, 5) is 15.9. The van der Waals surface area contributed by atoms with Crippen LogP contribution in [0.5, 0.6) is 5.75 Å². The molecule has 4 nitrogen and oxygen atoms in total. The lowest BCUT2D eigenvalue weighted by atomic mass is 10.00. The van der Waals surface area contributed by atoms with Crippen molar-refractivity contribution in [1.29, 1.82) is 5.26 Å². The number of amides is 1. The van der Waals surface area contributed by atoms with E-state index in [1.54, 1.807) is 29.8 Å². The summed E-state index contributed by atoms with van der Waals surface area (Å²) in [5.41, 5.74) is 2.92. The Labute approximate surface area is 145 Å². The van der Waals surface area contributed by atoms with Crippen molar-refractivity contribution in [2.24, 2.45) is 0 Å². The summed E-state index contributed by atoms with van der Waals surface area (Å²) in [6.45, 7) is 0. The fraction of sp³-hybridized carbons (Fsp3) is 0.263. The third-order valence-corrected chi connectivity index (χ3v) is 5.50. The summed E-state index contributed by atoms with van der Waals surface area (Å²) in [6, 6.07) is 13.6. The molecule has 0 aromatic heterocycles. The summed E-state index contributed by atoms with van der Waals surface area (Å²) in [5, 5.41) is 9.45. The van der Waals surface area contributed by atoms with Crippen molar-refractivity contribution in [1.82, 2.24) is 0 Å². The van der Waals surface area contributed by atoms with Gasteiger partial charge in [-0.25, -0.2) is 0 Å². The smallest absolute Gasteiger partial charge is 0.259 e. The first-order chi connectivity index (χ1) is 11.7. The first-order valence-corrected chi connectivity index (χ1v) is 8.87. The molecule has 24 heavy (non-hydrogen) atoms. The van der Waals surface area contributed by atoms with Crippen LogP contribution in [0.4, 0.5) is 5.69 Å². The van der Waals surface area contributed by atoms with Gasteiger partial charge in [-0.1, -0.05) is 12.1 Å². The first kappa shape index (κ1) is 15.1. The minimum atomic E-state index is -0.0616. The van der Waals surface area contributed by atoms with Crippen LogP contribution in [0.1, 0.15) is 40.2 Å². The SMILES string of the molecule is COc1c(C#N)cc(C(=O)N2CSc3ccccc32)cc1C1CC1. The Hall–Kier alpha value is -2.45. The van der Waals surface area contributed by atoms with Crippen LogP contribution >= 0.6 is 11.8 Å². The largest absolute Gasteiger partial charge is 0.495 e. The van der Waals surface area contributed by atoms with Gasteiger partial charge in [-0.2, -0.15) is 5.26 Å². The Morgan fingerprint density at radius 1 is 1.33 bits per heavy atom. The minimum Gasteiger partial charge on any atom is -0.495 e. The van der Waals surface area contributed by atoms with Crippen molar-refractivity contribution in [2.75, 3.05) is 17.9 Å². The topological polar surface area (TPSA) is 53.3 Å². The molecule has 120 valence electrons. The monoisotopic (exact) mass is 336 g/mol. The van der Waals surface area contributed by atoms with Gasteiger partial charge in [0.15, 0.2) is 0 Å². The van der Waals surface area contributed by atoms with Gasteiger partial charge in [0.2, 0.25) is 0 Å². The van der Waals surface area contributed by atoms with Gasteiger partial charge in [0, 0.05) is 10.5 Å². The number of rotatable bonds is 3. The summed E-state index contributed by atoms with van der Waals surface area (Å²) < 4.78 is 5.43. The zero-order valence-corrected chi connectivity index (χ0v) is 14.1. The molecule has 0 N–H and O–H groups in total. The molecule has 2 aromatic rings. The van der Waals surface area contributed by atoms with Gasteiger partial charge >= 0.3 is 0 Å². The predicted octanol–water partition coefficient (Wildman–Crippen LogP) is 4.15. The molecule has 4 rings (SSSR count). The highest BCUT2D eigenvalue weighted by atomic mass is 32.2.